The molecule has 1 N–H and O–H groups in total. The van der Waals surface area contributed by atoms with Gasteiger partial charge in [0, 0.05) is 10.6 Å². The monoisotopic (exact) mass is 540 g/mol. The Morgan fingerprint density at radius 1 is 0.946 bits per heavy atom. The molecule has 0 spiro atoms. The van der Waals surface area contributed by atoms with Gasteiger partial charge in [-0.05, 0) is 61.0 Å². The molecule has 0 aromatic heterocycles. The van der Waals surface area contributed by atoms with Gasteiger partial charge in [-0.2, -0.15) is 0 Å². The van der Waals surface area contributed by atoms with Crippen molar-refractivity contribution in [3.05, 3.63) is 87.4 Å². The van der Waals surface area contributed by atoms with Gasteiger partial charge in [-0.1, -0.05) is 41.4 Å². The summed E-state index contributed by atoms with van der Waals surface area (Å²) >= 11 is 12.7. The van der Waals surface area contributed by atoms with E-state index in [1.165, 1.54) is 19.3 Å². The maximum absolute atomic E-state index is 13.2. The van der Waals surface area contributed by atoms with Gasteiger partial charge in [-0.15, -0.1) is 0 Å². The van der Waals surface area contributed by atoms with Crippen LogP contribution >= 0.6 is 23.2 Å². The summed E-state index contributed by atoms with van der Waals surface area (Å²) in [4.78, 5) is 39.1. The SMILES string of the molecule is CCOc1cc(/C=C2\C(=O)NC(=O)N(c3ccc(OC)cc3)C2=O)cc(Cl)c1OCc1ccccc1Cl. The average Bonchev–Trinajstić information content (AvgIpc) is 2.87. The number of urea groups is 1. The highest BCUT2D eigenvalue weighted by Crippen LogP contribution is 2.38. The zero-order chi connectivity index (χ0) is 26.5. The molecule has 1 aliphatic rings. The van der Waals surface area contributed by atoms with Crippen molar-refractivity contribution in [1.82, 2.24) is 5.32 Å². The van der Waals surface area contributed by atoms with Crippen molar-refractivity contribution in [2.24, 2.45) is 0 Å². The number of hydrogen-bond donors (Lipinski definition) is 1. The number of ether oxygens (including phenoxy) is 3. The van der Waals surface area contributed by atoms with Crippen molar-refractivity contribution >= 4 is 52.8 Å². The van der Waals surface area contributed by atoms with Crippen molar-refractivity contribution in [2.45, 2.75) is 13.5 Å². The van der Waals surface area contributed by atoms with Crippen LogP contribution in [0, 0.1) is 0 Å². The van der Waals surface area contributed by atoms with Crippen LogP contribution in [0.15, 0.2) is 66.2 Å². The first kappa shape index (κ1) is 26.1. The summed E-state index contributed by atoms with van der Waals surface area (Å²) in [5.74, 6) is -0.448. The van der Waals surface area contributed by atoms with Crippen LogP contribution in [-0.4, -0.2) is 31.6 Å². The highest BCUT2D eigenvalue weighted by atomic mass is 35.5. The number of carbonyl (C=O) groups excluding carboxylic acids is 3. The third kappa shape index (κ3) is 5.71. The highest BCUT2D eigenvalue weighted by molar-refractivity contribution is 6.39. The molecule has 0 bridgehead atoms. The molecule has 0 unspecified atom stereocenters. The molecule has 1 heterocycles. The van der Waals surface area contributed by atoms with Crippen LogP contribution in [0.2, 0.25) is 10.0 Å². The summed E-state index contributed by atoms with van der Waals surface area (Å²) in [6.45, 7) is 2.27. The van der Waals surface area contributed by atoms with Gasteiger partial charge >= 0.3 is 6.03 Å². The summed E-state index contributed by atoms with van der Waals surface area (Å²) in [7, 11) is 1.50. The quantitative estimate of drug-likeness (QED) is 0.293. The van der Waals surface area contributed by atoms with E-state index in [4.69, 9.17) is 37.4 Å². The maximum Gasteiger partial charge on any atom is 0.335 e. The Labute approximate surface area is 223 Å². The summed E-state index contributed by atoms with van der Waals surface area (Å²) in [5.41, 5.74) is 1.19. The molecule has 190 valence electrons. The maximum atomic E-state index is 13.2. The van der Waals surface area contributed by atoms with Crippen LogP contribution in [0.3, 0.4) is 0 Å². The average molecular weight is 541 g/mol. The largest absolute Gasteiger partial charge is 0.497 e. The van der Waals surface area contributed by atoms with E-state index in [1.54, 1.807) is 43.3 Å². The number of methoxy groups -OCH3 is 1. The molecule has 4 rings (SSSR count). The standard InChI is InChI=1S/C27H22Cl2N2O6/c1-3-36-23-14-16(13-22(29)24(23)37-15-17-6-4-5-7-21(17)28)12-20-25(32)30-27(34)31(26(20)33)18-8-10-19(35-2)11-9-18/h4-14H,3,15H2,1-2H3,(H,30,32,34)/b20-12+. The molecule has 1 aliphatic heterocycles. The first-order chi connectivity index (χ1) is 17.8. The van der Waals surface area contributed by atoms with Crippen molar-refractivity contribution < 1.29 is 28.6 Å². The number of carbonyl (C=O) groups is 3. The fourth-order valence-corrected chi connectivity index (χ4v) is 4.09. The topological polar surface area (TPSA) is 94.2 Å². The number of imide groups is 2. The Morgan fingerprint density at radius 2 is 1.68 bits per heavy atom. The Balaban J connectivity index is 1.65. The van der Waals surface area contributed by atoms with E-state index in [0.29, 0.717) is 34.4 Å². The van der Waals surface area contributed by atoms with Crippen LogP contribution in [0.1, 0.15) is 18.1 Å². The van der Waals surface area contributed by atoms with Gasteiger partial charge in [-0.25, -0.2) is 9.69 Å². The molecular formula is C27H22Cl2N2O6. The molecule has 3 aromatic rings. The number of amides is 4. The summed E-state index contributed by atoms with van der Waals surface area (Å²) in [6, 6.07) is 15.8. The van der Waals surface area contributed by atoms with E-state index < -0.39 is 17.8 Å². The molecule has 4 amide bonds. The van der Waals surface area contributed by atoms with Crippen LogP contribution in [-0.2, 0) is 16.2 Å². The molecule has 1 saturated heterocycles. The minimum absolute atomic E-state index is 0.153. The molecule has 0 aliphatic carbocycles. The third-order valence-corrected chi connectivity index (χ3v) is 6.05. The van der Waals surface area contributed by atoms with E-state index in [-0.39, 0.29) is 22.9 Å². The molecule has 0 saturated carbocycles. The van der Waals surface area contributed by atoms with Gasteiger partial charge < -0.3 is 14.2 Å². The van der Waals surface area contributed by atoms with Crippen molar-refractivity contribution in [3.8, 4) is 17.2 Å². The van der Waals surface area contributed by atoms with E-state index in [1.807, 2.05) is 18.2 Å². The third-order valence-electron chi connectivity index (χ3n) is 5.40. The van der Waals surface area contributed by atoms with Crippen molar-refractivity contribution in [2.75, 3.05) is 18.6 Å². The zero-order valence-corrected chi connectivity index (χ0v) is 21.4. The number of benzene rings is 3. The Morgan fingerprint density at radius 3 is 2.35 bits per heavy atom. The van der Waals surface area contributed by atoms with Gasteiger partial charge in [0.15, 0.2) is 11.5 Å². The summed E-state index contributed by atoms with van der Waals surface area (Å²) in [6.07, 6.45) is 1.34. The molecule has 0 radical (unpaired) electrons. The number of hydrogen-bond acceptors (Lipinski definition) is 6. The number of nitrogens with zero attached hydrogens (tertiary/aromatic N) is 1. The predicted molar refractivity (Wildman–Crippen MR) is 140 cm³/mol. The van der Waals surface area contributed by atoms with E-state index in [0.717, 1.165) is 10.5 Å². The lowest BCUT2D eigenvalue weighted by molar-refractivity contribution is -0.122. The van der Waals surface area contributed by atoms with Gasteiger partial charge in [0.25, 0.3) is 11.8 Å². The molecule has 10 heteroatoms. The number of barbiturate groups is 1. The van der Waals surface area contributed by atoms with Crippen LogP contribution in [0.5, 0.6) is 17.2 Å². The normalized spacial score (nSPS) is 14.5. The van der Waals surface area contributed by atoms with Gasteiger partial charge in [-0.3, -0.25) is 14.9 Å². The van der Waals surface area contributed by atoms with Gasteiger partial charge in [0.05, 0.1) is 24.4 Å². The summed E-state index contributed by atoms with van der Waals surface area (Å²) in [5, 5.41) is 2.95. The first-order valence-electron chi connectivity index (χ1n) is 11.2. The molecule has 1 fully saturated rings. The Hall–Kier alpha value is -4.01. The summed E-state index contributed by atoms with van der Waals surface area (Å²) < 4.78 is 16.7. The second-order valence-electron chi connectivity index (χ2n) is 7.80. The zero-order valence-electron chi connectivity index (χ0n) is 19.9. The van der Waals surface area contributed by atoms with Gasteiger partial charge in [0.2, 0.25) is 0 Å². The smallest absolute Gasteiger partial charge is 0.335 e. The van der Waals surface area contributed by atoms with Crippen LogP contribution in [0.4, 0.5) is 10.5 Å². The first-order valence-corrected chi connectivity index (χ1v) is 12.0. The Kier molecular flexibility index (Phi) is 8.01. The molecule has 37 heavy (non-hydrogen) atoms. The lowest BCUT2D eigenvalue weighted by Gasteiger charge is -2.26. The molecular weight excluding hydrogens is 519 g/mol. The predicted octanol–water partition coefficient (Wildman–Crippen LogP) is 5.65. The van der Waals surface area contributed by atoms with Gasteiger partial charge in [0.1, 0.15) is 17.9 Å². The van der Waals surface area contributed by atoms with E-state index >= 15 is 0 Å². The second-order valence-corrected chi connectivity index (χ2v) is 8.61. The van der Waals surface area contributed by atoms with Crippen LogP contribution < -0.4 is 24.4 Å². The fraction of sp³-hybridized carbons (Fsp3) is 0.148. The van der Waals surface area contributed by atoms with Crippen molar-refractivity contribution in [1.29, 1.82) is 0 Å². The minimum atomic E-state index is -0.853. The lowest BCUT2D eigenvalue weighted by Crippen LogP contribution is -2.54. The number of rotatable bonds is 8. The highest BCUT2D eigenvalue weighted by Gasteiger charge is 2.37. The fourth-order valence-electron chi connectivity index (χ4n) is 3.63. The van der Waals surface area contributed by atoms with E-state index in [2.05, 4.69) is 5.32 Å². The Bertz CT molecular complexity index is 1390. The number of nitrogens with one attached hydrogen (secondary N) is 1. The van der Waals surface area contributed by atoms with Crippen LogP contribution in [0.25, 0.3) is 6.08 Å². The van der Waals surface area contributed by atoms with Crippen molar-refractivity contribution in [3.63, 3.8) is 0 Å². The molecule has 8 nitrogen and oxygen atoms in total. The number of anilines is 1. The lowest BCUT2D eigenvalue weighted by atomic mass is 10.1. The molecule has 3 aromatic carbocycles. The second kappa shape index (κ2) is 11.4. The number of halogens is 2. The molecule has 0 atom stereocenters. The minimum Gasteiger partial charge on any atom is -0.497 e. The van der Waals surface area contributed by atoms with E-state index in [9.17, 15) is 14.4 Å².